The zero-order valence-corrected chi connectivity index (χ0v) is 11.8. The normalized spacial score (nSPS) is 22.5. The third-order valence-corrected chi connectivity index (χ3v) is 4.58. The molecule has 6 heteroatoms. The van der Waals surface area contributed by atoms with Crippen LogP contribution < -0.4 is 9.80 Å². The number of hydrogen-bond donors (Lipinski definition) is 0. The highest BCUT2D eigenvalue weighted by atomic mass is 32.1. The second kappa shape index (κ2) is 5.40. The van der Waals surface area contributed by atoms with Gasteiger partial charge in [0.05, 0.1) is 0 Å². The van der Waals surface area contributed by atoms with Gasteiger partial charge in [-0.2, -0.15) is 9.36 Å². The summed E-state index contributed by atoms with van der Waals surface area (Å²) in [6.45, 7) is 6.62. The minimum absolute atomic E-state index is 0.939. The van der Waals surface area contributed by atoms with Crippen LogP contribution in [0.1, 0.15) is 19.3 Å². The van der Waals surface area contributed by atoms with Crippen molar-refractivity contribution in [3.63, 3.8) is 0 Å². The summed E-state index contributed by atoms with van der Waals surface area (Å²) < 4.78 is 4.54. The van der Waals surface area contributed by atoms with Gasteiger partial charge in [-0.05, 0) is 26.3 Å². The predicted octanol–water partition coefficient (Wildman–Crippen LogP) is 1.28. The Bertz CT molecular complexity index is 380. The van der Waals surface area contributed by atoms with E-state index in [0.29, 0.717) is 0 Å². The van der Waals surface area contributed by atoms with E-state index in [1.807, 2.05) is 0 Å². The molecule has 2 fully saturated rings. The number of hydrogen-bond acceptors (Lipinski definition) is 6. The summed E-state index contributed by atoms with van der Waals surface area (Å²) in [4.78, 5) is 11.8. The molecule has 0 amide bonds. The Morgan fingerprint density at radius 3 is 2.33 bits per heavy atom. The lowest BCUT2D eigenvalue weighted by molar-refractivity contribution is 0.311. The predicted molar refractivity (Wildman–Crippen MR) is 75.7 cm³/mol. The molecule has 0 aromatic carbocycles. The Labute approximate surface area is 113 Å². The Balaban J connectivity index is 1.65. The number of piperidine rings is 1. The lowest BCUT2D eigenvalue weighted by atomic mass is 10.1. The number of rotatable bonds is 2. The fourth-order valence-corrected chi connectivity index (χ4v) is 3.30. The van der Waals surface area contributed by atoms with Crippen LogP contribution in [0.2, 0.25) is 0 Å². The van der Waals surface area contributed by atoms with Crippen molar-refractivity contribution in [2.24, 2.45) is 0 Å². The number of likely N-dealkylation sites (N-methyl/N-ethyl adjacent to an activating group) is 1. The molecule has 0 atom stereocenters. The zero-order chi connectivity index (χ0) is 12.4. The first-order valence-electron chi connectivity index (χ1n) is 6.85. The van der Waals surface area contributed by atoms with Crippen molar-refractivity contribution < 1.29 is 0 Å². The van der Waals surface area contributed by atoms with Crippen molar-refractivity contribution in [1.29, 1.82) is 0 Å². The van der Waals surface area contributed by atoms with Gasteiger partial charge >= 0.3 is 0 Å². The minimum atomic E-state index is 0.939. The quantitative estimate of drug-likeness (QED) is 0.806. The lowest BCUT2D eigenvalue weighted by Gasteiger charge is -2.31. The topological polar surface area (TPSA) is 35.5 Å². The first-order valence-corrected chi connectivity index (χ1v) is 7.62. The molecule has 3 rings (SSSR count). The van der Waals surface area contributed by atoms with Gasteiger partial charge in [-0.3, -0.25) is 0 Å². The summed E-state index contributed by atoms with van der Waals surface area (Å²) in [5.74, 6) is 0.939. The zero-order valence-electron chi connectivity index (χ0n) is 11.0. The first-order chi connectivity index (χ1) is 8.83. The van der Waals surface area contributed by atoms with E-state index in [4.69, 9.17) is 4.98 Å². The van der Waals surface area contributed by atoms with Crippen molar-refractivity contribution in [2.45, 2.75) is 19.3 Å². The highest BCUT2D eigenvalue weighted by Crippen LogP contribution is 2.25. The van der Waals surface area contributed by atoms with Crippen LogP contribution in [-0.4, -0.2) is 60.6 Å². The van der Waals surface area contributed by atoms with Gasteiger partial charge in [0.15, 0.2) is 0 Å². The van der Waals surface area contributed by atoms with Crippen LogP contribution in [0.4, 0.5) is 11.1 Å². The van der Waals surface area contributed by atoms with Crippen LogP contribution in [0.25, 0.3) is 0 Å². The van der Waals surface area contributed by atoms with Gasteiger partial charge in [0.1, 0.15) is 0 Å². The van der Waals surface area contributed by atoms with E-state index in [2.05, 4.69) is 26.1 Å². The van der Waals surface area contributed by atoms with E-state index in [9.17, 15) is 0 Å². The molecule has 0 spiro atoms. The number of aromatic nitrogens is 2. The third kappa shape index (κ3) is 2.59. The van der Waals surface area contributed by atoms with Gasteiger partial charge in [-0.15, -0.1) is 0 Å². The van der Waals surface area contributed by atoms with Gasteiger partial charge in [0, 0.05) is 50.8 Å². The van der Waals surface area contributed by atoms with Crippen molar-refractivity contribution >= 4 is 22.6 Å². The van der Waals surface area contributed by atoms with Gasteiger partial charge in [-0.25, -0.2) is 0 Å². The Morgan fingerprint density at radius 1 is 0.889 bits per heavy atom. The summed E-state index contributed by atoms with van der Waals surface area (Å²) >= 11 is 1.56. The van der Waals surface area contributed by atoms with Gasteiger partial charge < -0.3 is 14.7 Å². The Hall–Kier alpha value is -0.880. The largest absolute Gasteiger partial charge is 0.347 e. The average Bonchev–Trinajstić information content (AvgIpc) is 2.90. The molecule has 100 valence electrons. The van der Waals surface area contributed by atoms with Crippen LogP contribution in [0, 0.1) is 0 Å². The first kappa shape index (κ1) is 12.2. The minimum Gasteiger partial charge on any atom is -0.347 e. The average molecular weight is 267 g/mol. The summed E-state index contributed by atoms with van der Waals surface area (Å²) in [7, 11) is 2.17. The maximum Gasteiger partial charge on any atom is 0.239 e. The second-order valence-corrected chi connectivity index (χ2v) is 5.95. The van der Waals surface area contributed by atoms with Gasteiger partial charge in [-0.1, -0.05) is 0 Å². The molecule has 0 radical (unpaired) electrons. The van der Waals surface area contributed by atoms with Crippen LogP contribution in [-0.2, 0) is 0 Å². The molecule has 18 heavy (non-hydrogen) atoms. The highest BCUT2D eigenvalue weighted by Gasteiger charge is 2.20. The molecule has 1 aromatic heterocycles. The SMILES string of the molecule is CN1CCN(c2nsc(N3CCCCC3)n2)CC1. The number of nitrogens with zero attached hydrogens (tertiary/aromatic N) is 5. The van der Waals surface area contributed by atoms with E-state index >= 15 is 0 Å². The van der Waals surface area contributed by atoms with Crippen molar-refractivity contribution in [3.05, 3.63) is 0 Å². The fraction of sp³-hybridized carbons (Fsp3) is 0.833. The number of anilines is 2. The van der Waals surface area contributed by atoms with Crippen LogP contribution in [0.15, 0.2) is 0 Å². The third-order valence-electron chi connectivity index (χ3n) is 3.82. The molecule has 5 nitrogen and oxygen atoms in total. The molecule has 0 aliphatic carbocycles. The summed E-state index contributed by atoms with van der Waals surface area (Å²) in [5.41, 5.74) is 0. The molecule has 0 unspecified atom stereocenters. The molecule has 0 N–H and O–H groups in total. The van der Waals surface area contributed by atoms with Gasteiger partial charge in [0.2, 0.25) is 11.1 Å². The Kier molecular flexibility index (Phi) is 3.65. The van der Waals surface area contributed by atoms with Gasteiger partial charge in [0.25, 0.3) is 0 Å². The van der Waals surface area contributed by atoms with Crippen LogP contribution >= 0.6 is 11.5 Å². The van der Waals surface area contributed by atoms with E-state index in [1.54, 1.807) is 11.5 Å². The highest BCUT2D eigenvalue weighted by molar-refractivity contribution is 7.09. The van der Waals surface area contributed by atoms with Crippen LogP contribution in [0.3, 0.4) is 0 Å². The molecule has 2 aliphatic rings. The maximum atomic E-state index is 4.72. The molecule has 3 heterocycles. The van der Waals surface area contributed by atoms with E-state index < -0.39 is 0 Å². The number of piperazine rings is 1. The molecule has 0 saturated carbocycles. The molecule has 2 saturated heterocycles. The molecule has 1 aromatic rings. The van der Waals surface area contributed by atoms with E-state index in [1.165, 1.54) is 19.3 Å². The summed E-state index contributed by atoms with van der Waals surface area (Å²) in [5, 5.41) is 1.11. The standard InChI is InChI=1S/C12H21N5S/c1-15-7-9-16(10-8-15)11-13-12(18-14-11)17-5-3-2-4-6-17/h2-10H2,1H3. The molecule has 0 bridgehead atoms. The van der Waals surface area contributed by atoms with E-state index in [-0.39, 0.29) is 0 Å². The molecule has 2 aliphatic heterocycles. The summed E-state index contributed by atoms with van der Waals surface area (Å²) in [6, 6.07) is 0. The van der Waals surface area contributed by atoms with Crippen molar-refractivity contribution in [2.75, 3.05) is 56.1 Å². The monoisotopic (exact) mass is 267 g/mol. The fourth-order valence-electron chi connectivity index (χ4n) is 2.56. The van der Waals surface area contributed by atoms with Crippen LogP contribution in [0.5, 0.6) is 0 Å². The van der Waals surface area contributed by atoms with Crippen molar-refractivity contribution in [3.8, 4) is 0 Å². The molecular formula is C12H21N5S. The second-order valence-electron chi connectivity index (χ2n) is 5.21. The van der Waals surface area contributed by atoms with Crippen molar-refractivity contribution in [1.82, 2.24) is 14.3 Å². The lowest BCUT2D eigenvalue weighted by Crippen LogP contribution is -2.45. The summed E-state index contributed by atoms with van der Waals surface area (Å²) in [6.07, 6.45) is 3.95. The Morgan fingerprint density at radius 2 is 1.61 bits per heavy atom. The van der Waals surface area contributed by atoms with E-state index in [0.717, 1.165) is 50.3 Å². The maximum absolute atomic E-state index is 4.72. The smallest absolute Gasteiger partial charge is 0.239 e. The molecular weight excluding hydrogens is 246 g/mol.